The number of carboxylic acid groups (broad SMARTS) is 1. The van der Waals surface area contributed by atoms with Gasteiger partial charge >= 0.3 is 5.97 Å². The summed E-state index contributed by atoms with van der Waals surface area (Å²) in [5.74, 6) is -0.947. The molecule has 0 radical (unpaired) electrons. The second-order valence-corrected chi connectivity index (χ2v) is 7.01. The van der Waals surface area contributed by atoms with Crippen LogP contribution in [0.5, 0.6) is 0 Å². The first-order chi connectivity index (χ1) is 10.8. The molecule has 0 aliphatic heterocycles. The lowest BCUT2D eigenvalue weighted by molar-refractivity contribution is -0.159. The van der Waals surface area contributed by atoms with Gasteiger partial charge in [-0.3, -0.25) is 4.79 Å². The Morgan fingerprint density at radius 2 is 1.78 bits per heavy atom. The van der Waals surface area contributed by atoms with E-state index in [9.17, 15) is 14.7 Å². The zero-order valence-corrected chi connectivity index (χ0v) is 14.7. The Kier molecular flexibility index (Phi) is 5.62. The van der Waals surface area contributed by atoms with Gasteiger partial charge in [-0.25, -0.2) is 14.8 Å². The first-order valence-corrected chi connectivity index (χ1v) is 8.79. The third-order valence-electron chi connectivity index (χ3n) is 4.38. The van der Waals surface area contributed by atoms with Crippen LogP contribution < -0.4 is 0 Å². The van der Waals surface area contributed by atoms with Gasteiger partial charge in [0.1, 0.15) is 5.54 Å². The van der Waals surface area contributed by atoms with Crippen molar-refractivity contribution in [2.24, 2.45) is 0 Å². The SMILES string of the molecule is Cc1cc(C)nc(SCC(=O)N(C)C2(C(=O)O)CCCCC2)n1. The van der Waals surface area contributed by atoms with Crippen molar-refractivity contribution in [3.8, 4) is 0 Å². The van der Waals surface area contributed by atoms with E-state index in [4.69, 9.17) is 0 Å². The van der Waals surface area contributed by atoms with Crippen LogP contribution in [0.1, 0.15) is 43.5 Å². The minimum absolute atomic E-state index is 0.147. The van der Waals surface area contributed by atoms with Crippen LogP contribution in [0.4, 0.5) is 0 Å². The van der Waals surface area contributed by atoms with E-state index in [-0.39, 0.29) is 11.7 Å². The van der Waals surface area contributed by atoms with Gasteiger partial charge in [0.15, 0.2) is 5.16 Å². The standard InChI is InChI=1S/C16H23N3O3S/c1-11-9-12(2)18-15(17-11)23-10-13(20)19(3)16(14(21)22)7-5-4-6-8-16/h9H,4-8,10H2,1-3H3,(H,21,22). The molecule has 1 aliphatic rings. The molecule has 1 saturated carbocycles. The molecule has 23 heavy (non-hydrogen) atoms. The maximum Gasteiger partial charge on any atom is 0.329 e. The summed E-state index contributed by atoms with van der Waals surface area (Å²) in [6.45, 7) is 3.77. The van der Waals surface area contributed by atoms with E-state index in [0.717, 1.165) is 30.7 Å². The number of likely N-dealkylation sites (N-methyl/N-ethyl adjacent to an activating group) is 1. The summed E-state index contributed by atoms with van der Waals surface area (Å²) in [7, 11) is 1.60. The molecule has 0 unspecified atom stereocenters. The van der Waals surface area contributed by atoms with Crippen molar-refractivity contribution < 1.29 is 14.7 Å². The number of aromatic nitrogens is 2. The number of carboxylic acids is 1. The molecule has 0 saturated heterocycles. The Bertz CT molecular complexity index is 580. The van der Waals surface area contributed by atoms with Crippen LogP contribution in [0.15, 0.2) is 11.2 Å². The summed E-state index contributed by atoms with van der Waals surface area (Å²) in [5.41, 5.74) is 0.657. The maximum absolute atomic E-state index is 12.5. The van der Waals surface area contributed by atoms with Crippen LogP contribution in [-0.4, -0.2) is 50.2 Å². The molecule has 0 spiro atoms. The predicted octanol–water partition coefficient (Wildman–Crippen LogP) is 2.43. The summed E-state index contributed by atoms with van der Waals surface area (Å²) in [5, 5.41) is 10.2. The monoisotopic (exact) mass is 337 g/mol. The molecule has 0 atom stereocenters. The largest absolute Gasteiger partial charge is 0.479 e. The van der Waals surface area contributed by atoms with Gasteiger partial charge in [-0.2, -0.15) is 0 Å². The summed E-state index contributed by atoms with van der Waals surface area (Å²) in [6.07, 6.45) is 3.77. The molecule has 6 nitrogen and oxygen atoms in total. The van der Waals surface area contributed by atoms with Crippen molar-refractivity contribution >= 4 is 23.6 Å². The van der Waals surface area contributed by atoms with Crippen LogP contribution in [0.3, 0.4) is 0 Å². The summed E-state index contributed by atoms with van der Waals surface area (Å²) >= 11 is 1.25. The lowest BCUT2D eigenvalue weighted by Crippen LogP contribution is -2.56. The van der Waals surface area contributed by atoms with Gasteiger partial charge in [-0.05, 0) is 32.8 Å². The normalized spacial score (nSPS) is 16.8. The lowest BCUT2D eigenvalue weighted by Gasteiger charge is -2.41. The second-order valence-electron chi connectivity index (χ2n) is 6.07. The van der Waals surface area contributed by atoms with Crippen molar-refractivity contribution in [3.05, 3.63) is 17.5 Å². The first kappa shape index (κ1) is 17.7. The zero-order chi connectivity index (χ0) is 17.0. The molecular formula is C16H23N3O3S. The van der Waals surface area contributed by atoms with Gasteiger partial charge in [-0.15, -0.1) is 0 Å². The van der Waals surface area contributed by atoms with Gasteiger partial charge in [-0.1, -0.05) is 31.0 Å². The van der Waals surface area contributed by atoms with Gasteiger partial charge < -0.3 is 10.0 Å². The number of carbonyl (C=O) groups excluding carboxylic acids is 1. The van der Waals surface area contributed by atoms with Crippen molar-refractivity contribution in [1.29, 1.82) is 0 Å². The highest BCUT2D eigenvalue weighted by molar-refractivity contribution is 7.99. The maximum atomic E-state index is 12.5. The average Bonchev–Trinajstić information content (AvgIpc) is 2.51. The molecular weight excluding hydrogens is 314 g/mol. The lowest BCUT2D eigenvalue weighted by atomic mass is 9.80. The number of thioether (sulfide) groups is 1. The van der Waals surface area contributed by atoms with E-state index in [1.165, 1.54) is 16.7 Å². The Labute approximate surface area is 140 Å². The second kappa shape index (κ2) is 7.29. The number of nitrogens with zero attached hydrogens (tertiary/aromatic N) is 3. The number of hydrogen-bond donors (Lipinski definition) is 1. The molecule has 0 aromatic carbocycles. The van der Waals surface area contributed by atoms with Crippen molar-refractivity contribution in [3.63, 3.8) is 0 Å². The van der Waals surface area contributed by atoms with Crippen LogP contribution in [0.2, 0.25) is 0 Å². The fourth-order valence-corrected chi connectivity index (χ4v) is 3.91. The first-order valence-electron chi connectivity index (χ1n) is 7.80. The number of amides is 1. The Balaban J connectivity index is 2.05. The third kappa shape index (κ3) is 4.02. The van der Waals surface area contributed by atoms with Crippen LogP contribution in [-0.2, 0) is 9.59 Å². The zero-order valence-electron chi connectivity index (χ0n) is 13.8. The number of rotatable bonds is 5. The highest BCUT2D eigenvalue weighted by Crippen LogP contribution is 2.33. The molecule has 1 N–H and O–H groups in total. The van der Waals surface area contributed by atoms with E-state index in [1.807, 2.05) is 19.9 Å². The molecule has 0 bridgehead atoms. The van der Waals surface area contributed by atoms with Gasteiger partial charge in [0, 0.05) is 18.4 Å². The van der Waals surface area contributed by atoms with Crippen LogP contribution >= 0.6 is 11.8 Å². The minimum atomic E-state index is -1.06. The summed E-state index contributed by atoms with van der Waals surface area (Å²) in [6, 6.07) is 1.87. The molecule has 1 fully saturated rings. The van der Waals surface area contributed by atoms with Gasteiger partial charge in [0.2, 0.25) is 5.91 Å². The summed E-state index contributed by atoms with van der Waals surface area (Å²) in [4.78, 5) is 34.3. The molecule has 1 amide bonds. The smallest absolute Gasteiger partial charge is 0.329 e. The van der Waals surface area contributed by atoms with E-state index in [0.29, 0.717) is 18.0 Å². The quantitative estimate of drug-likeness (QED) is 0.656. The highest BCUT2D eigenvalue weighted by atomic mass is 32.2. The number of aryl methyl sites for hydroxylation is 2. The summed E-state index contributed by atoms with van der Waals surface area (Å²) < 4.78 is 0. The van der Waals surface area contributed by atoms with E-state index in [2.05, 4.69) is 9.97 Å². The number of aliphatic carboxylic acids is 1. The van der Waals surface area contributed by atoms with Crippen LogP contribution in [0, 0.1) is 13.8 Å². The minimum Gasteiger partial charge on any atom is -0.479 e. The van der Waals surface area contributed by atoms with Crippen molar-refractivity contribution in [2.75, 3.05) is 12.8 Å². The Hall–Kier alpha value is -1.63. The van der Waals surface area contributed by atoms with E-state index >= 15 is 0 Å². The predicted molar refractivity (Wildman–Crippen MR) is 88.5 cm³/mol. The molecule has 1 aromatic rings. The Morgan fingerprint density at radius 3 is 2.30 bits per heavy atom. The number of hydrogen-bond acceptors (Lipinski definition) is 5. The highest BCUT2D eigenvalue weighted by Gasteiger charge is 2.45. The molecule has 7 heteroatoms. The topological polar surface area (TPSA) is 83.4 Å². The van der Waals surface area contributed by atoms with Gasteiger partial charge in [0.05, 0.1) is 5.75 Å². The fourth-order valence-electron chi connectivity index (χ4n) is 3.05. The Morgan fingerprint density at radius 1 is 1.22 bits per heavy atom. The molecule has 1 aromatic heterocycles. The molecule has 2 rings (SSSR count). The van der Waals surface area contributed by atoms with E-state index < -0.39 is 11.5 Å². The van der Waals surface area contributed by atoms with Crippen molar-refractivity contribution in [2.45, 2.75) is 56.6 Å². The van der Waals surface area contributed by atoms with Crippen LogP contribution in [0.25, 0.3) is 0 Å². The van der Waals surface area contributed by atoms with Gasteiger partial charge in [0.25, 0.3) is 0 Å². The third-order valence-corrected chi connectivity index (χ3v) is 5.21. The van der Waals surface area contributed by atoms with E-state index in [1.54, 1.807) is 7.05 Å². The number of carbonyl (C=O) groups is 2. The fraction of sp³-hybridized carbons (Fsp3) is 0.625. The average molecular weight is 337 g/mol. The molecule has 1 aliphatic carbocycles. The molecule has 126 valence electrons. The van der Waals surface area contributed by atoms with Crippen molar-refractivity contribution in [1.82, 2.24) is 14.9 Å². The molecule has 1 heterocycles.